The van der Waals surface area contributed by atoms with Crippen LogP contribution in [0.15, 0.2) is 57.7 Å². The number of carbonyl (C=O) groups excluding carboxylic acids is 1. The van der Waals surface area contributed by atoms with Gasteiger partial charge in [0.2, 0.25) is 0 Å². The minimum atomic E-state index is -0.560. The number of carbonyl (C=O) groups is 1. The second-order valence-corrected chi connectivity index (χ2v) is 6.78. The first-order chi connectivity index (χ1) is 12.6. The van der Waals surface area contributed by atoms with Crippen LogP contribution in [0, 0.1) is 0 Å². The van der Waals surface area contributed by atoms with Gasteiger partial charge in [-0.25, -0.2) is 9.59 Å². The molecule has 130 valence electrons. The van der Waals surface area contributed by atoms with Crippen molar-refractivity contribution in [1.29, 1.82) is 0 Å². The Kier molecular flexibility index (Phi) is 3.97. The normalized spacial score (nSPS) is 11.1. The molecule has 6 heteroatoms. The Bertz CT molecular complexity index is 1200. The highest BCUT2D eigenvalue weighted by Crippen LogP contribution is 2.36. The lowest BCUT2D eigenvalue weighted by Crippen LogP contribution is -2.06. The highest BCUT2D eigenvalue weighted by molar-refractivity contribution is 7.21. The van der Waals surface area contributed by atoms with E-state index in [1.807, 2.05) is 42.5 Å². The average molecular weight is 365 g/mol. The summed E-state index contributed by atoms with van der Waals surface area (Å²) >= 11 is 1.14. The molecule has 0 spiro atoms. The van der Waals surface area contributed by atoms with Gasteiger partial charge < -0.3 is 14.9 Å². The van der Waals surface area contributed by atoms with Crippen LogP contribution in [0.3, 0.4) is 0 Å². The number of thiophene rings is 1. The van der Waals surface area contributed by atoms with Crippen LogP contribution in [0.5, 0.6) is 0 Å². The molecule has 0 atom stereocenters. The summed E-state index contributed by atoms with van der Waals surface area (Å²) in [5, 5.41) is 2.25. The standard InChI is InChI=1S/C20H15NO4S/c1-2-24-20(23)18-17(21)16-15(26-18)10-14(25-19(16)22)13-9-5-7-11-6-3-4-8-12(11)13/h3-10H,2,21H2,1H3. The van der Waals surface area contributed by atoms with Crippen molar-refractivity contribution in [3.63, 3.8) is 0 Å². The fraction of sp³-hybridized carbons (Fsp3) is 0.100. The molecule has 4 rings (SSSR count). The molecule has 2 aromatic carbocycles. The molecule has 0 saturated carbocycles. The smallest absolute Gasteiger partial charge is 0.350 e. The number of esters is 1. The lowest BCUT2D eigenvalue weighted by molar-refractivity contribution is 0.0533. The molecule has 0 aliphatic carbocycles. The maximum absolute atomic E-state index is 12.5. The molecular formula is C20H15NO4S. The number of nitrogen functional groups attached to an aromatic ring is 1. The Hall–Kier alpha value is -3.12. The number of hydrogen-bond acceptors (Lipinski definition) is 6. The fourth-order valence-electron chi connectivity index (χ4n) is 3.00. The predicted octanol–water partition coefficient (Wildman–Crippen LogP) is 4.43. The topological polar surface area (TPSA) is 82.5 Å². The molecule has 2 heterocycles. The molecular weight excluding hydrogens is 350 g/mol. The molecule has 0 radical (unpaired) electrons. The van der Waals surface area contributed by atoms with Gasteiger partial charge in [-0.2, -0.15) is 0 Å². The van der Waals surface area contributed by atoms with E-state index >= 15 is 0 Å². The zero-order valence-electron chi connectivity index (χ0n) is 13.9. The molecule has 2 aromatic heterocycles. The SMILES string of the molecule is CCOC(=O)c1sc2cc(-c3cccc4ccccc34)oc(=O)c2c1N. The lowest BCUT2D eigenvalue weighted by Gasteiger charge is -2.05. The Morgan fingerprint density at radius 2 is 1.96 bits per heavy atom. The van der Waals surface area contributed by atoms with Crippen molar-refractivity contribution >= 4 is 43.9 Å². The number of nitrogens with two attached hydrogens (primary N) is 1. The van der Waals surface area contributed by atoms with Crippen molar-refractivity contribution in [2.45, 2.75) is 6.92 Å². The highest BCUT2D eigenvalue weighted by Gasteiger charge is 2.21. The van der Waals surface area contributed by atoms with E-state index in [4.69, 9.17) is 14.9 Å². The van der Waals surface area contributed by atoms with Gasteiger partial charge in [-0.15, -0.1) is 11.3 Å². The molecule has 2 N–H and O–H groups in total. The van der Waals surface area contributed by atoms with Gasteiger partial charge in [0.1, 0.15) is 16.0 Å². The van der Waals surface area contributed by atoms with Crippen LogP contribution in [0.4, 0.5) is 5.69 Å². The summed E-state index contributed by atoms with van der Waals surface area (Å²) in [7, 11) is 0. The van der Waals surface area contributed by atoms with Crippen molar-refractivity contribution in [3.8, 4) is 11.3 Å². The molecule has 26 heavy (non-hydrogen) atoms. The number of ether oxygens (including phenoxy) is 1. The lowest BCUT2D eigenvalue weighted by atomic mass is 10.0. The summed E-state index contributed by atoms with van der Waals surface area (Å²) in [5.41, 5.74) is 6.36. The first-order valence-electron chi connectivity index (χ1n) is 8.11. The maximum Gasteiger partial charge on any atom is 0.350 e. The minimum Gasteiger partial charge on any atom is -0.462 e. The Morgan fingerprint density at radius 3 is 2.77 bits per heavy atom. The van der Waals surface area contributed by atoms with Gasteiger partial charge >= 0.3 is 11.6 Å². The molecule has 0 fully saturated rings. The van der Waals surface area contributed by atoms with E-state index in [0.29, 0.717) is 10.5 Å². The zero-order chi connectivity index (χ0) is 18.3. The van der Waals surface area contributed by atoms with E-state index < -0.39 is 11.6 Å². The second kappa shape index (κ2) is 6.31. The summed E-state index contributed by atoms with van der Waals surface area (Å²) < 4.78 is 11.1. The van der Waals surface area contributed by atoms with Crippen molar-refractivity contribution in [2.75, 3.05) is 12.3 Å². The third kappa shape index (κ3) is 2.55. The molecule has 4 aromatic rings. The Balaban J connectivity index is 1.95. The summed E-state index contributed by atoms with van der Waals surface area (Å²) in [6.45, 7) is 1.96. The van der Waals surface area contributed by atoms with Crippen LogP contribution in [0.1, 0.15) is 16.6 Å². The van der Waals surface area contributed by atoms with E-state index in [0.717, 1.165) is 27.7 Å². The van der Waals surface area contributed by atoms with Gasteiger partial charge in [-0.3, -0.25) is 0 Å². The van der Waals surface area contributed by atoms with Gasteiger partial charge in [0, 0.05) is 10.3 Å². The third-order valence-corrected chi connectivity index (χ3v) is 5.29. The van der Waals surface area contributed by atoms with E-state index in [1.165, 1.54) is 0 Å². The quantitative estimate of drug-likeness (QED) is 0.543. The van der Waals surface area contributed by atoms with Crippen LogP contribution in [-0.4, -0.2) is 12.6 Å². The molecule has 0 amide bonds. The summed E-state index contributed by atoms with van der Waals surface area (Å²) in [6.07, 6.45) is 0. The minimum absolute atomic E-state index is 0.113. The molecule has 0 unspecified atom stereocenters. The van der Waals surface area contributed by atoms with E-state index in [9.17, 15) is 9.59 Å². The van der Waals surface area contributed by atoms with Gasteiger partial charge in [0.25, 0.3) is 0 Å². The molecule has 0 aliphatic rings. The predicted molar refractivity (Wildman–Crippen MR) is 104 cm³/mol. The Labute approximate surface area is 152 Å². The monoisotopic (exact) mass is 365 g/mol. The zero-order valence-corrected chi connectivity index (χ0v) is 14.8. The number of hydrogen-bond donors (Lipinski definition) is 1. The van der Waals surface area contributed by atoms with Crippen LogP contribution in [0.2, 0.25) is 0 Å². The maximum atomic E-state index is 12.5. The van der Waals surface area contributed by atoms with Gasteiger partial charge in [0.05, 0.1) is 12.3 Å². The summed E-state index contributed by atoms with van der Waals surface area (Å²) in [5.74, 6) is -0.0896. The molecule has 0 aliphatic heterocycles. The van der Waals surface area contributed by atoms with Gasteiger partial charge in [0.15, 0.2) is 0 Å². The van der Waals surface area contributed by atoms with E-state index in [-0.39, 0.29) is 22.6 Å². The van der Waals surface area contributed by atoms with Crippen molar-refractivity contribution in [1.82, 2.24) is 0 Å². The molecule has 0 saturated heterocycles. The largest absolute Gasteiger partial charge is 0.462 e. The number of anilines is 1. The average Bonchev–Trinajstić information content (AvgIpc) is 2.98. The Morgan fingerprint density at radius 1 is 1.19 bits per heavy atom. The van der Waals surface area contributed by atoms with Crippen molar-refractivity contribution in [3.05, 3.63) is 63.8 Å². The third-order valence-electron chi connectivity index (χ3n) is 4.16. The second-order valence-electron chi connectivity index (χ2n) is 5.73. The van der Waals surface area contributed by atoms with Gasteiger partial charge in [-0.1, -0.05) is 42.5 Å². The van der Waals surface area contributed by atoms with Crippen LogP contribution in [0.25, 0.3) is 32.2 Å². The number of rotatable bonds is 3. The molecule has 0 bridgehead atoms. The summed E-state index contributed by atoms with van der Waals surface area (Å²) in [4.78, 5) is 24.8. The van der Waals surface area contributed by atoms with Crippen LogP contribution >= 0.6 is 11.3 Å². The highest BCUT2D eigenvalue weighted by atomic mass is 32.1. The van der Waals surface area contributed by atoms with Crippen molar-refractivity contribution < 1.29 is 13.9 Å². The van der Waals surface area contributed by atoms with Crippen LogP contribution in [-0.2, 0) is 4.74 Å². The number of benzene rings is 2. The first-order valence-corrected chi connectivity index (χ1v) is 8.93. The first kappa shape index (κ1) is 16.4. The summed E-state index contributed by atoms with van der Waals surface area (Å²) in [6, 6.07) is 15.4. The van der Waals surface area contributed by atoms with Crippen molar-refractivity contribution in [2.24, 2.45) is 0 Å². The van der Waals surface area contributed by atoms with E-state index in [1.54, 1.807) is 13.0 Å². The van der Waals surface area contributed by atoms with E-state index in [2.05, 4.69) is 0 Å². The molecule has 5 nitrogen and oxygen atoms in total. The fourth-order valence-corrected chi connectivity index (χ4v) is 4.03. The van der Waals surface area contributed by atoms with Gasteiger partial charge in [-0.05, 0) is 23.8 Å². The van der Waals surface area contributed by atoms with Crippen LogP contribution < -0.4 is 11.4 Å². The number of fused-ring (bicyclic) bond motifs is 2.